The summed E-state index contributed by atoms with van der Waals surface area (Å²) in [5, 5.41) is 9.14. The van der Waals surface area contributed by atoms with Crippen LogP contribution in [0.25, 0.3) is 0 Å². The monoisotopic (exact) mass is 471 g/mol. The molecule has 1 aliphatic heterocycles. The minimum atomic E-state index is -1.10. The first kappa shape index (κ1) is 23.6. The van der Waals surface area contributed by atoms with Gasteiger partial charge in [0.1, 0.15) is 5.75 Å². The molecule has 7 heteroatoms. The van der Waals surface area contributed by atoms with E-state index in [1.165, 1.54) is 0 Å². The van der Waals surface area contributed by atoms with Gasteiger partial charge < -0.3 is 14.7 Å². The van der Waals surface area contributed by atoms with Gasteiger partial charge in [-0.25, -0.2) is 4.79 Å². The first-order valence-electron chi connectivity index (χ1n) is 11.2. The van der Waals surface area contributed by atoms with Crippen molar-refractivity contribution in [2.45, 2.75) is 59.3 Å². The number of carboxylic acid groups (broad SMARTS) is 1. The smallest absolute Gasteiger partial charge is 0.341 e. The average molecular weight is 472 g/mol. The van der Waals surface area contributed by atoms with E-state index in [0.717, 1.165) is 29.8 Å². The molecule has 0 saturated carbocycles. The Morgan fingerprint density at radius 3 is 2.00 bits per heavy atom. The molecule has 176 valence electrons. The molecule has 1 aromatic carbocycles. The van der Waals surface area contributed by atoms with E-state index in [2.05, 4.69) is 32.6 Å². The summed E-state index contributed by atoms with van der Waals surface area (Å²) in [6.45, 7) is 7.90. The van der Waals surface area contributed by atoms with Gasteiger partial charge in [0.25, 0.3) is 0 Å². The van der Waals surface area contributed by atoms with Crippen LogP contribution in [-0.2, 0) is 14.4 Å². The molecule has 6 nitrogen and oxygen atoms in total. The number of hydrogen-bond acceptors (Lipinski definition) is 5. The van der Waals surface area contributed by atoms with Crippen LogP contribution in [0.1, 0.15) is 64.9 Å². The minimum absolute atomic E-state index is 0.0598. The normalized spacial score (nSPS) is 22.3. The Bertz CT molecular complexity index is 1070. The zero-order chi connectivity index (χ0) is 24.3. The molecule has 0 unspecified atom stereocenters. The molecule has 0 bridgehead atoms. The number of ketones is 2. The van der Waals surface area contributed by atoms with Crippen molar-refractivity contribution in [3.63, 3.8) is 0 Å². The molecule has 33 heavy (non-hydrogen) atoms. The van der Waals surface area contributed by atoms with Gasteiger partial charge in [-0.15, -0.1) is 0 Å². The lowest BCUT2D eigenvalue weighted by atomic mass is 9.64. The highest BCUT2D eigenvalue weighted by Gasteiger charge is 2.48. The zero-order valence-corrected chi connectivity index (χ0v) is 20.5. The molecule has 3 aliphatic rings. The van der Waals surface area contributed by atoms with Crippen LogP contribution in [0.2, 0.25) is 5.02 Å². The van der Waals surface area contributed by atoms with E-state index in [-0.39, 0.29) is 33.2 Å². The van der Waals surface area contributed by atoms with Gasteiger partial charge in [-0.05, 0) is 41.4 Å². The lowest BCUT2D eigenvalue weighted by Crippen LogP contribution is -2.43. The van der Waals surface area contributed by atoms with Crippen LogP contribution >= 0.6 is 11.6 Å². The Kier molecular flexibility index (Phi) is 5.72. The topological polar surface area (TPSA) is 83.9 Å². The van der Waals surface area contributed by atoms with E-state index >= 15 is 0 Å². The molecule has 0 atom stereocenters. The second kappa shape index (κ2) is 8.01. The van der Waals surface area contributed by atoms with Gasteiger partial charge in [-0.2, -0.15) is 0 Å². The van der Waals surface area contributed by atoms with Crippen molar-refractivity contribution in [1.82, 2.24) is 4.90 Å². The molecule has 0 amide bonds. The average Bonchev–Trinajstić information content (AvgIpc) is 2.67. The molecule has 0 fully saturated rings. The predicted molar refractivity (Wildman–Crippen MR) is 125 cm³/mol. The molecule has 0 radical (unpaired) electrons. The maximum absolute atomic E-state index is 13.5. The van der Waals surface area contributed by atoms with Crippen molar-refractivity contribution >= 4 is 29.1 Å². The van der Waals surface area contributed by atoms with E-state index in [1.807, 2.05) is 7.05 Å². The number of aliphatic carboxylic acids is 1. The number of nitrogens with zero attached hydrogens (tertiary/aromatic N) is 1. The van der Waals surface area contributed by atoms with Gasteiger partial charge in [0.2, 0.25) is 0 Å². The molecule has 0 aromatic heterocycles. The second-order valence-corrected chi connectivity index (χ2v) is 11.4. The van der Waals surface area contributed by atoms with Crippen molar-refractivity contribution in [2.75, 3.05) is 13.7 Å². The van der Waals surface area contributed by atoms with Crippen LogP contribution in [0.4, 0.5) is 0 Å². The first-order chi connectivity index (χ1) is 15.3. The first-order valence-corrected chi connectivity index (χ1v) is 11.6. The number of rotatable bonds is 4. The van der Waals surface area contributed by atoms with Crippen molar-refractivity contribution in [2.24, 2.45) is 10.8 Å². The molecule has 1 N–H and O–H groups in total. The van der Waals surface area contributed by atoms with Gasteiger partial charge in [-0.3, -0.25) is 9.59 Å². The highest BCUT2D eigenvalue weighted by Crippen LogP contribution is 2.54. The quantitative estimate of drug-likeness (QED) is 0.656. The summed E-state index contributed by atoms with van der Waals surface area (Å²) in [6, 6.07) is 5.10. The lowest BCUT2D eigenvalue weighted by Gasteiger charge is -2.47. The SMILES string of the molecule is CN1C2=C(C(=O)CC(C)(C)C2)C(c2ccc(OCC(=O)O)c(Cl)c2)C2=C1CC(C)(C)CC2=O. The molecule has 2 aliphatic carbocycles. The number of carbonyl (C=O) groups excluding carboxylic acids is 2. The van der Waals surface area contributed by atoms with Crippen LogP contribution in [-0.4, -0.2) is 41.2 Å². The summed E-state index contributed by atoms with van der Waals surface area (Å²) in [4.78, 5) is 39.9. The van der Waals surface area contributed by atoms with Crippen molar-refractivity contribution in [3.8, 4) is 5.75 Å². The number of benzene rings is 1. The summed E-state index contributed by atoms with van der Waals surface area (Å²) >= 11 is 6.44. The maximum Gasteiger partial charge on any atom is 0.341 e. The van der Waals surface area contributed by atoms with Gasteiger partial charge >= 0.3 is 5.97 Å². The summed E-state index contributed by atoms with van der Waals surface area (Å²) in [7, 11) is 1.97. The number of carbonyl (C=O) groups is 3. The number of ether oxygens (including phenoxy) is 1. The van der Waals surface area contributed by atoms with Crippen molar-refractivity contribution in [3.05, 3.63) is 51.3 Å². The van der Waals surface area contributed by atoms with E-state index < -0.39 is 18.5 Å². The summed E-state index contributed by atoms with van der Waals surface area (Å²) in [5.41, 5.74) is 3.75. The van der Waals surface area contributed by atoms with Crippen LogP contribution in [0.5, 0.6) is 5.75 Å². The standard InChI is InChI=1S/C26H30ClNO5/c1-25(2)9-16-23(18(29)11-25)22(14-6-7-20(15(27)8-14)33-13-21(31)32)24-17(28(16)5)10-26(3,4)12-19(24)30/h6-8,22H,9-13H2,1-5H3,(H,31,32). The van der Waals surface area contributed by atoms with E-state index in [4.69, 9.17) is 21.4 Å². The molecule has 1 heterocycles. The minimum Gasteiger partial charge on any atom is -0.480 e. The molecular weight excluding hydrogens is 442 g/mol. The van der Waals surface area contributed by atoms with Crippen LogP contribution < -0.4 is 4.74 Å². The lowest BCUT2D eigenvalue weighted by molar-refractivity contribution is -0.139. The Labute approximate surface area is 199 Å². The maximum atomic E-state index is 13.5. The third kappa shape index (κ3) is 4.33. The van der Waals surface area contributed by atoms with Gasteiger partial charge in [0, 0.05) is 48.3 Å². The van der Waals surface area contributed by atoms with Gasteiger partial charge in [0.15, 0.2) is 18.2 Å². The summed E-state index contributed by atoms with van der Waals surface area (Å²) in [6.07, 6.45) is 2.35. The predicted octanol–water partition coefficient (Wildman–Crippen LogP) is 5.12. The third-order valence-electron chi connectivity index (χ3n) is 6.82. The molecule has 0 saturated heterocycles. The number of allylic oxidation sites excluding steroid dienone is 4. The largest absolute Gasteiger partial charge is 0.480 e. The number of hydrogen-bond donors (Lipinski definition) is 1. The van der Waals surface area contributed by atoms with Crippen molar-refractivity contribution < 1.29 is 24.2 Å². The fourth-order valence-electron chi connectivity index (χ4n) is 5.45. The van der Waals surface area contributed by atoms with Crippen LogP contribution in [0.15, 0.2) is 40.7 Å². The fourth-order valence-corrected chi connectivity index (χ4v) is 5.69. The van der Waals surface area contributed by atoms with E-state index in [9.17, 15) is 14.4 Å². The van der Waals surface area contributed by atoms with Gasteiger partial charge in [-0.1, -0.05) is 45.4 Å². The molecule has 4 rings (SSSR count). The molecule has 1 aromatic rings. The molecular formula is C26H30ClNO5. The Morgan fingerprint density at radius 1 is 1.03 bits per heavy atom. The number of carboxylic acids is 1. The van der Waals surface area contributed by atoms with E-state index in [0.29, 0.717) is 24.0 Å². The highest BCUT2D eigenvalue weighted by atomic mass is 35.5. The number of halogens is 1. The van der Waals surface area contributed by atoms with Crippen LogP contribution in [0.3, 0.4) is 0 Å². The van der Waals surface area contributed by atoms with E-state index in [1.54, 1.807) is 18.2 Å². The third-order valence-corrected chi connectivity index (χ3v) is 7.12. The second-order valence-electron chi connectivity index (χ2n) is 11.0. The Balaban J connectivity index is 1.88. The highest BCUT2D eigenvalue weighted by molar-refractivity contribution is 6.32. The Hall–Kier alpha value is -2.60. The Morgan fingerprint density at radius 2 is 1.55 bits per heavy atom. The summed E-state index contributed by atoms with van der Waals surface area (Å²) < 4.78 is 5.27. The van der Waals surface area contributed by atoms with Crippen LogP contribution in [0, 0.1) is 10.8 Å². The zero-order valence-electron chi connectivity index (χ0n) is 19.8. The summed E-state index contributed by atoms with van der Waals surface area (Å²) in [5.74, 6) is -1.20. The fraction of sp³-hybridized carbons (Fsp3) is 0.500. The van der Waals surface area contributed by atoms with Gasteiger partial charge in [0.05, 0.1) is 5.02 Å². The van der Waals surface area contributed by atoms with Crippen molar-refractivity contribution in [1.29, 1.82) is 0 Å². The number of Topliss-reactive ketones (excluding diaryl/α,β-unsaturated/α-hetero) is 2. The molecule has 0 spiro atoms.